The molecule has 0 unspecified atom stereocenters. The van der Waals surface area contributed by atoms with Gasteiger partial charge in [-0.1, -0.05) is 27.5 Å². The van der Waals surface area contributed by atoms with Gasteiger partial charge in [0.05, 0.1) is 12.0 Å². The van der Waals surface area contributed by atoms with E-state index >= 15 is 0 Å². The van der Waals surface area contributed by atoms with E-state index in [-0.39, 0.29) is 17.9 Å². The summed E-state index contributed by atoms with van der Waals surface area (Å²) in [6.45, 7) is 0.156. The molecule has 0 fully saturated rings. The van der Waals surface area contributed by atoms with Crippen molar-refractivity contribution in [2.75, 3.05) is 12.4 Å². The molecule has 0 heterocycles. The fourth-order valence-corrected chi connectivity index (χ4v) is 3.41. The second-order valence-electron chi connectivity index (χ2n) is 6.87. The van der Waals surface area contributed by atoms with Crippen molar-refractivity contribution >= 4 is 50.9 Å². The summed E-state index contributed by atoms with van der Waals surface area (Å²) in [5.41, 5.74) is 1.65. The first-order chi connectivity index (χ1) is 16.3. The highest BCUT2D eigenvalue weighted by molar-refractivity contribution is 9.10. The summed E-state index contributed by atoms with van der Waals surface area (Å²) in [6, 6.07) is 17.7. The number of ether oxygens (including phenoxy) is 2. The lowest BCUT2D eigenvalue weighted by atomic mass is 10.1. The summed E-state index contributed by atoms with van der Waals surface area (Å²) in [4.78, 5) is 22.9. The number of nitrogens with one attached hydrogen (secondary N) is 1. The van der Waals surface area contributed by atoms with E-state index in [1.807, 2.05) is 6.07 Å². The molecule has 0 aliphatic carbocycles. The van der Waals surface area contributed by atoms with Crippen LogP contribution in [0.2, 0.25) is 5.02 Å². The first kappa shape index (κ1) is 24.8. The van der Waals surface area contributed by atoms with E-state index in [0.29, 0.717) is 32.2 Å². The smallest absolute Gasteiger partial charge is 0.269 e. The number of halogens is 2. The molecule has 34 heavy (non-hydrogen) atoms. The number of nitrogens with zero attached hydrogens (tertiary/aromatic N) is 2. The lowest BCUT2D eigenvalue weighted by Crippen LogP contribution is -2.13. The zero-order chi connectivity index (χ0) is 24.7. The number of rotatable bonds is 8. The third-order valence-corrected chi connectivity index (χ3v) is 5.53. The lowest BCUT2D eigenvalue weighted by Gasteiger charge is -2.13. The maximum Gasteiger partial charge on any atom is 0.269 e. The van der Waals surface area contributed by atoms with Crippen LogP contribution in [-0.2, 0) is 11.4 Å². The SMILES string of the molecule is COc1cc(/C=C(/C#N)C(=O)Nc2ccc(Cl)cc2)c(Br)cc1OCc1ccc([N+](=O)[O-])cc1. The fourth-order valence-electron chi connectivity index (χ4n) is 2.84. The predicted octanol–water partition coefficient (Wildman–Crippen LogP) is 6.14. The normalized spacial score (nSPS) is 10.8. The van der Waals surface area contributed by atoms with Gasteiger partial charge in [0, 0.05) is 27.3 Å². The highest BCUT2D eigenvalue weighted by Gasteiger charge is 2.14. The molecular formula is C24H17BrClN3O5. The van der Waals surface area contributed by atoms with Crippen molar-refractivity contribution in [1.82, 2.24) is 0 Å². The minimum Gasteiger partial charge on any atom is -0.493 e. The molecule has 3 aromatic carbocycles. The molecule has 0 aromatic heterocycles. The molecule has 0 bridgehead atoms. The molecule has 0 aliphatic rings. The van der Waals surface area contributed by atoms with E-state index in [1.54, 1.807) is 48.5 Å². The monoisotopic (exact) mass is 541 g/mol. The van der Waals surface area contributed by atoms with Gasteiger partial charge in [0.25, 0.3) is 11.6 Å². The van der Waals surface area contributed by atoms with E-state index < -0.39 is 10.8 Å². The van der Waals surface area contributed by atoms with Gasteiger partial charge in [-0.3, -0.25) is 14.9 Å². The summed E-state index contributed by atoms with van der Waals surface area (Å²) in [6.07, 6.45) is 1.43. The van der Waals surface area contributed by atoms with Crippen LogP contribution in [0.25, 0.3) is 6.08 Å². The number of anilines is 1. The minimum atomic E-state index is -0.575. The Hall–Kier alpha value is -3.87. The van der Waals surface area contributed by atoms with E-state index in [1.165, 1.54) is 25.3 Å². The van der Waals surface area contributed by atoms with Crippen molar-refractivity contribution in [2.24, 2.45) is 0 Å². The molecule has 0 radical (unpaired) electrons. The second-order valence-corrected chi connectivity index (χ2v) is 8.16. The van der Waals surface area contributed by atoms with Crippen LogP contribution in [0.5, 0.6) is 11.5 Å². The van der Waals surface area contributed by atoms with Crippen LogP contribution in [-0.4, -0.2) is 17.9 Å². The number of nitriles is 1. The van der Waals surface area contributed by atoms with Gasteiger partial charge < -0.3 is 14.8 Å². The molecule has 0 saturated carbocycles. The van der Waals surface area contributed by atoms with Crippen LogP contribution in [0, 0.1) is 21.4 Å². The van der Waals surface area contributed by atoms with Gasteiger partial charge in [-0.2, -0.15) is 5.26 Å². The van der Waals surface area contributed by atoms with E-state index in [0.717, 1.165) is 5.56 Å². The summed E-state index contributed by atoms with van der Waals surface area (Å²) >= 11 is 9.28. The Morgan fingerprint density at radius 2 is 1.85 bits per heavy atom. The first-order valence-electron chi connectivity index (χ1n) is 9.73. The molecule has 10 heteroatoms. The number of hydrogen-bond acceptors (Lipinski definition) is 6. The van der Waals surface area contributed by atoms with Crippen molar-refractivity contribution in [3.05, 3.63) is 97.0 Å². The Morgan fingerprint density at radius 3 is 2.44 bits per heavy atom. The van der Waals surface area contributed by atoms with Crippen LogP contribution in [0.15, 0.2) is 70.7 Å². The van der Waals surface area contributed by atoms with Gasteiger partial charge in [0.1, 0.15) is 18.2 Å². The third kappa shape index (κ3) is 6.34. The summed E-state index contributed by atoms with van der Waals surface area (Å²) in [5.74, 6) is 0.218. The van der Waals surface area contributed by atoms with E-state index in [2.05, 4.69) is 21.2 Å². The quantitative estimate of drug-likeness (QED) is 0.158. The van der Waals surface area contributed by atoms with Crippen LogP contribution < -0.4 is 14.8 Å². The number of hydrogen-bond donors (Lipinski definition) is 1. The number of nitro benzene ring substituents is 1. The summed E-state index contributed by atoms with van der Waals surface area (Å²) < 4.78 is 11.8. The number of amides is 1. The zero-order valence-electron chi connectivity index (χ0n) is 17.7. The molecule has 172 valence electrons. The topological polar surface area (TPSA) is 114 Å². The van der Waals surface area contributed by atoms with Crippen molar-refractivity contribution in [3.8, 4) is 17.6 Å². The number of benzene rings is 3. The standard InChI is InChI=1S/C24H17BrClN3O5/c1-33-22-11-16(10-17(13-27)24(30)28-19-6-4-18(26)5-7-19)21(25)12-23(22)34-14-15-2-8-20(9-3-15)29(31)32/h2-12H,14H2,1H3,(H,28,30)/b17-10-. The fraction of sp³-hybridized carbons (Fsp3) is 0.0833. The minimum absolute atomic E-state index is 0.00592. The Kier molecular flexibility index (Phi) is 8.24. The van der Waals surface area contributed by atoms with Gasteiger partial charge in [-0.05, 0) is 65.7 Å². The van der Waals surface area contributed by atoms with Crippen LogP contribution >= 0.6 is 27.5 Å². The molecule has 3 rings (SSSR count). The zero-order valence-corrected chi connectivity index (χ0v) is 20.1. The van der Waals surface area contributed by atoms with Crippen molar-refractivity contribution in [2.45, 2.75) is 6.61 Å². The van der Waals surface area contributed by atoms with E-state index in [9.17, 15) is 20.2 Å². The second kappa shape index (κ2) is 11.3. The Bertz CT molecular complexity index is 1290. The van der Waals surface area contributed by atoms with Gasteiger partial charge in [-0.25, -0.2) is 0 Å². The number of carbonyl (C=O) groups is 1. The molecule has 0 saturated heterocycles. The molecule has 0 aliphatic heterocycles. The number of non-ortho nitro benzene ring substituents is 1. The summed E-state index contributed by atoms with van der Waals surface area (Å²) in [5, 5.41) is 23.5. The molecular weight excluding hydrogens is 526 g/mol. The van der Waals surface area contributed by atoms with Gasteiger partial charge in [0.2, 0.25) is 0 Å². The van der Waals surface area contributed by atoms with Crippen LogP contribution in [0.3, 0.4) is 0 Å². The summed E-state index contributed by atoms with van der Waals surface area (Å²) in [7, 11) is 1.47. The average molecular weight is 543 g/mol. The van der Waals surface area contributed by atoms with Crippen molar-refractivity contribution in [1.29, 1.82) is 5.26 Å². The average Bonchev–Trinajstić information content (AvgIpc) is 2.83. The third-order valence-electron chi connectivity index (χ3n) is 4.59. The maximum absolute atomic E-state index is 12.5. The predicted molar refractivity (Wildman–Crippen MR) is 132 cm³/mol. The van der Waals surface area contributed by atoms with Crippen LogP contribution in [0.4, 0.5) is 11.4 Å². The van der Waals surface area contributed by atoms with Crippen LogP contribution in [0.1, 0.15) is 11.1 Å². The Labute approximate surface area is 208 Å². The lowest BCUT2D eigenvalue weighted by molar-refractivity contribution is -0.384. The van der Waals surface area contributed by atoms with Gasteiger partial charge >= 0.3 is 0 Å². The van der Waals surface area contributed by atoms with Crippen molar-refractivity contribution < 1.29 is 19.2 Å². The molecule has 3 aromatic rings. The number of methoxy groups -OCH3 is 1. The highest BCUT2D eigenvalue weighted by Crippen LogP contribution is 2.35. The van der Waals surface area contributed by atoms with E-state index in [4.69, 9.17) is 21.1 Å². The Balaban J connectivity index is 1.78. The first-order valence-corrected chi connectivity index (χ1v) is 10.9. The van der Waals surface area contributed by atoms with Gasteiger partial charge in [-0.15, -0.1) is 0 Å². The number of nitro groups is 1. The molecule has 1 N–H and O–H groups in total. The van der Waals surface area contributed by atoms with Crippen molar-refractivity contribution in [3.63, 3.8) is 0 Å². The molecule has 0 spiro atoms. The maximum atomic E-state index is 12.5. The molecule has 0 atom stereocenters. The molecule has 8 nitrogen and oxygen atoms in total. The highest BCUT2D eigenvalue weighted by atomic mass is 79.9. The number of carbonyl (C=O) groups excluding carboxylic acids is 1. The Morgan fingerprint density at radius 1 is 1.18 bits per heavy atom. The largest absolute Gasteiger partial charge is 0.493 e. The molecule has 1 amide bonds. The van der Waals surface area contributed by atoms with Gasteiger partial charge in [0.15, 0.2) is 11.5 Å².